The Bertz CT molecular complexity index is 440. The lowest BCUT2D eigenvalue weighted by molar-refractivity contribution is 0.227. The Kier molecular flexibility index (Phi) is 2.35. The summed E-state index contributed by atoms with van der Waals surface area (Å²) in [5.41, 5.74) is -0.161. The van der Waals surface area contributed by atoms with Crippen molar-refractivity contribution in [1.29, 1.82) is 0 Å². The molecule has 88 valence electrons. The van der Waals surface area contributed by atoms with Crippen LogP contribution in [0, 0.1) is 24.0 Å². The maximum atomic E-state index is 13.8. The quantitative estimate of drug-likeness (QED) is 0.822. The molecule has 0 aromatic heterocycles. The van der Waals surface area contributed by atoms with E-state index in [0.29, 0.717) is 17.5 Å². The highest BCUT2D eigenvalue weighted by Crippen LogP contribution is 2.64. The van der Waals surface area contributed by atoms with Crippen molar-refractivity contribution >= 4 is 0 Å². The Morgan fingerprint density at radius 2 is 1.81 bits per heavy atom. The standard InChI is InChI=1S/C13H16F2O/c1-8-4-11(15)9(5-10(8)14)13(7-16)6-12(13,2)3/h4-5,16H,6-7H2,1-3H3. The molecule has 3 heteroatoms. The molecule has 1 aromatic rings. The molecule has 0 bridgehead atoms. The Morgan fingerprint density at radius 3 is 2.25 bits per heavy atom. The van der Waals surface area contributed by atoms with E-state index >= 15 is 0 Å². The average molecular weight is 226 g/mol. The number of aliphatic hydroxyl groups is 1. The molecule has 0 aliphatic heterocycles. The van der Waals surface area contributed by atoms with Crippen molar-refractivity contribution in [2.45, 2.75) is 32.6 Å². The van der Waals surface area contributed by atoms with Crippen LogP contribution in [0.15, 0.2) is 12.1 Å². The Balaban J connectivity index is 2.53. The molecule has 1 unspecified atom stereocenters. The smallest absolute Gasteiger partial charge is 0.127 e. The summed E-state index contributed by atoms with van der Waals surface area (Å²) in [5, 5.41) is 9.44. The van der Waals surface area contributed by atoms with Crippen molar-refractivity contribution in [2.75, 3.05) is 6.61 Å². The summed E-state index contributed by atoms with van der Waals surface area (Å²) in [5.74, 6) is -0.828. The highest BCUT2D eigenvalue weighted by Gasteiger charge is 2.62. The first-order valence-electron chi connectivity index (χ1n) is 5.41. The largest absolute Gasteiger partial charge is 0.395 e. The molecule has 1 fully saturated rings. The minimum absolute atomic E-state index is 0.139. The van der Waals surface area contributed by atoms with Gasteiger partial charge < -0.3 is 5.11 Å². The van der Waals surface area contributed by atoms with Crippen molar-refractivity contribution in [1.82, 2.24) is 0 Å². The van der Waals surface area contributed by atoms with E-state index in [0.717, 1.165) is 0 Å². The predicted octanol–water partition coefficient (Wildman–Crippen LogP) is 2.93. The van der Waals surface area contributed by atoms with Crippen molar-refractivity contribution in [3.63, 3.8) is 0 Å². The molecular weight excluding hydrogens is 210 g/mol. The second-order valence-electron chi connectivity index (χ2n) is 5.38. The highest BCUT2D eigenvalue weighted by molar-refractivity contribution is 5.40. The number of rotatable bonds is 2. The van der Waals surface area contributed by atoms with Crippen molar-refractivity contribution in [3.8, 4) is 0 Å². The zero-order chi connectivity index (χ0) is 12.1. The van der Waals surface area contributed by atoms with Crippen LogP contribution in [-0.4, -0.2) is 11.7 Å². The summed E-state index contributed by atoms with van der Waals surface area (Å²) in [6.45, 7) is 5.31. The molecule has 1 nitrogen and oxygen atoms in total. The first-order valence-corrected chi connectivity index (χ1v) is 5.41. The number of benzene rings is 1. The lowest BCUT2D eigenvalue weighted by Gasteiger charge is -2.19. The second kappa shape index (κ2) is 3.27. The molecule has 2 rings (SSSR count). The third-order valence-corrected chi connectivity index (χ3v) is 3.95. The minimum Gasteiger partial charge on any atom is -0.395 e. The Morgan fingerprint density at radius 1 is 1.25 bits per heavy atom. The summed E-state index contributed by atoms with van der Waals surface area (Å²) < 4.78 is 27.3. The van der Waals surface area contributed by atoms with Gasteiger partial charge in [0.2, 0.25) is 0 Å². The average Bonchev–Trinajstić information content (AvgIpc) is 2.76. The van der Waals surface area contributed by atoms with E-state index < -0.39 is 17.0 Å². The van der Waals surface area contributed by atoms with Gasteiger partial charge in [-0.3, -0.25) is 0 Å². The summed E-state index contributed by atoms with van der Waals surface area (Å²) in [6, 6.07) is 2.44. The number of aryl methyl sites for hydroxylation is 1. The molecule has 1 atom stereocenters. The van der Waals surface area contributed by atoms with Crippen molar-refractivity contribution in [2.24, 2.45) is 5.41 Å². The lowest BCUT2D eigenvalue weighted by Crippen LogP contribution is -2.21. The van der Waals surface area contributed by atoms with Gasteiger partial charge in [0.15, 0.2) is 0 Å². The molecule has 16 heavy (non-hydrogen) atoms. The van der Waals surface area contributed by atoms with E-state index in [1.54, 1.807) is 0 Å². The first-order chi connectivity index (χ1) is 7.34. The molecule has 1 N–H and O–H groups in total. The van der Waals surface area contributed by atoms with Gasteiger partial charge in [0.1, 0.15) is 11.6 Å². The zero-order valence-electron chi connectivity index (χ0n) is 9.77. The van der Waals surface area contributed by atoms with Gasteiger partial charge in [-0.15, -0.1) is 0 Å². The molecular formula is C13H16F2O. The van der Waals surface area contributed by atoms with E-state index in [1.807, 2.05) is 13.8 Å². The number of halogens is 2. The van der Waals surface area contributed by atoms with Crippen LogP contribution in [0.5, 0.6) is 0 Å². The molecule has 0 amide bonds. The maximum Gasteiger partial charge on any atom is 0.127 e. The summed E-state index contributed by atoms with van der Waals surface area (Å²) in [7, 11) is 0. The third kappa shape index (κ3) is 1.38. The van der Waals surface area contributed by atoms with Crippen LogP contribution < -0.4 is 0 Å². The lowest BCUT2D eigenvalue weighted by atomic mass is 9.87. The van der Waals surface area contributed by atoms with Gasteiger partial charge in [0, 0.05) is 5.41 Å². The van der Waals surface area contributed by atoms with Crippen LogP contribution >= 0.6 is 0 Å². The molecule has 0 radical (unpaired) electrons. The molecule has 0 saturated heterocycles. The predicted molar refractivity (Wildman–Crippen MR) is 58.3 cm³/mol. The second-order valence-corrected chi connectivity index (χ2v) is 5.38. The minimum atomic E-state index is -0.606. The van der Waals surface area contributed by atoms with E-state index in [2.05, 4.69) is 0 Å². The number of hydrogen-bond donors (Lipinski definition) is 1. The first kappa shape index (κ1) is 11.5. The zero-order valence-corrected chi connectivity index (χ0v) is 9.77. The Labute approximate surface area is 94.1 Å². The van der Waals surface area contributed by atoms with E-state index in [9.17, 15) is 13.9 Å². The Hall–Kier alpha value is -0.960. The molecule has 0 spiro atoms. The van der Waals surface area contributed by atoms with E-state index in [4.69, 9.17) is 0 Å². The van der Waals surface area contributed by atoms with Gasteiger partial charge in [-0.2, -0.15) is 0 Å². The molecule has 1 aliphatic carbocycles. The van der Waals surface area contributed by atoms with E-state index in [1.165, 1.54) is 19.1 Å². The van der Waals surface area contributed by atoms with Gasteiger partial charge in [-0.05, 0) is 42.0 Å². The highest BCUT2D eigenvalue weighted by atomic mass is 19.1. The number of hydrogen-bond acceptors (Lipinski definition) is 1. The van der Waals surface area contributed by atoms with Gasteiger partial charge in [-0.1, -0.05) is 13.8 Å². The summed E-state index contributed by atoms with van der Waals surface area (Å²) >= 11 is 0. The summed E-state index contributed by atoms with van der Waals surface area (Å²) in [6.07, 6.45) is 0.690. The molecule has 1 saturated carbocycles. The van der Waals surface area contributed by atoms with Gasteiger partial charge in [0.05, 0.1) is 6.61 Å². The SMILES string of the molecule is Cc1cc(F)c(C2(CO)CC2(C)C)cc1F. The van der Waals surface area contributed by atoms with Gasteiger partial charge in [0.25, 0.3) is 0 Å². The fourth-order valence-corrected chi connectivity index (χ4v) is 2.54. The summed E-state index contributed by atoms with van der Waals surface area (Å²) in [4.78, 5) is 0. The van der Waals surface area contributed by atoms with Crippen molar-refractivity contribution < 1.29 is 13.9 Å². The van der Waals surface area contributed by atoms with Crippen LogP contribution in [0.2, 0.25) is 0 Å². The fourth-order valence-electron chi connectivity index (χ4n) is 2.54. The van der Waals surface area contributed by atoms with Crippen LogP contribution in [0.4, 0.5) is 8.78 Å². The molecule has 1 aromatic carbocycles. The monoisotopic (exact) mass is 226 g/mol. The third-order valence-electron chi connectivity index (χ3n) is 3.95. The van der Waals surface area contributed by atoms with Crippen LogP contribution in [0.1, 0.15) is 31.4 Å². The maximum absolute atomic E-state index is 13.8. The number of aliphatic hydroxyl groups excluding tert-OH is 1. The van der Waals surface area contributed by atoms with Gasteiger partial charge >= 0.3 is 0 Å². The van der Waals surface area contributed by atoms with Crippen LogP contribution in [0.25, 0.3) is 0 Å². The fraction of sp³-hybridized carbons (Fsp3) is 0.538. The molecule has 0 heterocycles. The van der Waals surface area contributed by atoms with Crippen LogP contribution in [0.3, 0.4) is 0 Å². The van der Waals surface area contributed by atoms with Gasteiger partial charge in [-0.25, -0.2) is 8.78 Å². The van der Waals surface area contributed by atoms with E-state index in [-0.39, 0.29) is 12.0 Å². The topological polar surface area (TPSA) is 20.2 Å². The van der Waals surface area contributed by atoms with Crippen molar-refractivity contribution in [3.05, 3.63) is 34.9 Å². The molecule has 1 aliphatic rings. The normalized spacial score (nSPS) is 26.9. The van der Waals surface area contributed by atoms with Crippen LogP contribution in [-0.2, 0) is 5.41 Å².